The second-order valence-corrected chi connectivity index (χ2v) is 8.09. The maximum absolute atomic E-state index is 12.6. The monoisotopic (exact) mass is 379 g/mol. The van der Waals surface area contributed by atoms with Gasteiger partial charge in [0.05, 0.1) is 5.69 Å². The largest absolute Gasteiger partial charge is 0.363 e. The number of carbonyl (C=O) groups excluding carboxylic acids is 1. The van der Waals surface area contributed by atoms with Crippen LogP contribution in [-0.4, -0.2) is 54.5 Å². The number of aromatic nitrogens is 2. The summed E-state index contributed by atoms with van der Waals surface area (Å²) in [4.78, 5) is 26.4. The molecule has 2 saturated heterocycles. The van der Waals surface area contributed by atoms with E-state index in [4.69, 9.17) is 9.97 Å². The lowest BCUT2D eigenvalue weighted by Crippen LogP contribution is -2.28. The molecule has 6 nitrogen and oxygen atoms in total. The highest BCUT2D eigenvalue weighted by molar-refractivity contribution is 5.79. The fourth-order valence-corrected chi connectivity index (χ4v) is 4.10. The van der Waals surface area contributed by atoms with Crippen molar-refractivity contribution in [2.24, 2.45) is 0 Å². The van der Waals surface area contributed by atoms with Crippen molar-refractivity contribution in [1.82, 2.24) is 20.2 Å². The number of benzene rings is 1. The van der Waals surface area contributed by atoms with Crippen molar-refractivity contribution in [2.45, 2.75) is 37.6 Å². The summed E-state index contributed by atoms with van der Waals surface area (Å²) in [6, 6.07) is 12.3. The number of anilines is 1. The lowest BCUT2D eigenvalue weighted by atomic mass is 9.96. The summed E-state index contributed by atoms with van der Waals surface area (Å²) in [7, 11) is 4.03. The summed E-state index contributed by atoms with van der Waals surface area (Å²) in [6.07, 6.45) is 2.67. The maximum atomic E-state index is 12.6. The molecule has 28 heavy (non-hydrogen) atoms. The van der Waals surface area contributed by atoms with Gasteiger partial charge in [-0.2, -0.15) is 0 Å². The van der Waals surface area contributed by atoms with Gasteiger partial charge in [-0.3, -0.25) is 4.79 Å². The van der Waals surface area contributed by atoms with Crippen LogP contribution in [0.1, 0.15) is 48.2 Å². The number of rotatable bonds is 5. The molecule has 148 valence electrons. The molecule has 0 radical (unpaired) electrons. The van der Waals surface area contributed by atoms with Gasteiger partial charge < -0.3 is 15.1 Å². The van der Waals surface area contributed by atoms with Crippen LogP contribution in [0.15, 0.2) is 36.4 Å². The van der Waals surface area contributed by atoms with Crippen LogP contribution in [0.3, 0.4) is 0 Å². The molecule has 1 amide bonds. The van der Waals surface area contributed by atoms with Crippen molar-refractivity contribution in [2.75, 3.05) is 38.6 Å². The molecule has 2 aliphatic heterocycles. The molecule has 0 saturated carbocycles. The summed E-state index contributed by atoms with van der Waals surface area (Å²) in [6.45, 7) is 3.43. The standard InChI is InChI=1S/C22H29N5O/c1-26(2)20-13-19(24-22(25-20)17-8-10-23-11-9-17)18-12-21(28)27(15-18)14-16-6-4-3-5-7-16/h3-7,13,17-18,23H,8-12,14-15H2,1-2H3/t18-/m1/s1. The highest BCUT2D eigenvalue weighted by atomic mass is 16.2. The van der Waals surface area contributed by atoms with Gasteiger partial charge in [-0.15, -0.1) is 0 Å². The third-order valence-corrected chi connectivity index (χ3v) is 5.76. The van der Waals surface area contributed by atoms with Crippen molar-refractivity contribution in [3.8, 4) is 0 Å². The number of nitrogens with one attached hydrogen (secondary N) is 1. The lowest BCUT2D eigenvalue weighted by molar-refractivity contribution is -0.128. The van der Waals surface area contributed by atoms with Crippen LogP contribution in [0.5, 0.6) is 0 Å². The number of hydrogen-bond acceptors (Lipinski definition) is 5. The smallest absolute Gasteiger partial charge is 0.223 e. The summed E-state index contributed by atoms with van der Waals surface area (Å²) in [5.41, 5.74) is 2.18. The van der Waals surface area contributed by atoms with Gasteiger partial charge in [0.1, 0.15) is 11.6 Å². The first-order chi connectivity index (χ1) is 13.6. The highest BCUT2D eigenvalue weighted by Gasteiger charge is 2.32. The zero-order valence-electron chi connectivity index (χ0n) is 16.8. The zero-order valence-corrected chi connectivity index (χ0v) is 16.8. The molecule has 1 aromatic carbocycles. The molecule has 3 heterocycles. The van der Waals surface area contributed by atoms with Gasteiger partial charge in [0.15, 0.2) is 0 Å². The first kappa shape index (κ1) is 18.9. The number of piperidine rings is 1. The van der Waals surface area contributed by atoms with Crippen LogP contribution >= 0.6 is 0 Å². The van der Waals surface area contributed by atoms with E-state index in [2.05, 4.69) is 23.5 Å². The first-order valence-electron chi connectivity index (χ1n) is 10.2. The van der Waals surface area contributed by atoms with E-state index in [1.807, 2.05) is 42.1 Å². The van der Waals surface area contributed by atoms with Gasteiger partial charge in [-0.25, -0.2) is 9.97 Å². The second kappa shape index (κ2) is 8.27. The van der Waals surface area contributed by atoms with Crippen LogP contribution < -0.4 is 10.2 Å². The average molecular weight is 380 g/mol. The van der Waals surface area contributed by atoms with E-state index in [1.54, 1.807) is 0 Å². The Kier molecular flexibility index (Phi) is 5.57. The molecule has 6 heteroatoms. The van der Waals surface area contributed by atoms with Gasteiger partial charge in [0.2, 0.25) is 5.91 Å². The van der Waals surface area contributed by atoms with Crippen molar-refractivity contribution in [3.05, 3.63) is 53.5 Å². The number of hydrogen-bond donors (Lipinski definition) is 1. The molecule has 0 unspecified atom stereocenters. The van der Waals surface area contributed by atoms with E-state index < -0.39 is 0 Å². The third-order valence-electron chi connectivity index (χ3n) is 5.76. The van der Waals surface area contributed by atoms with E-state index in [0.717, 1.165) is 49.8 Å². The van der Waals surface area contributed by atoms with E-state index in [9.17, 15) is 4.79 Å². The number of amides is 1. The van der Waals surface area contributed by atoms with Crippen LogP contribution in [0.25, 0.3) is 0 Å². The van der Waals surface area contributed by atoms with Crippen LogP contribution in [0.4, 0.5) is 5.82 Å². The molecule has 1 atom stereocenters. The minimum atomic E-state index is 0.137. The first-order valence-corrected chi connectivity index (χ1v) is 10.2. The Morgan fingerprint density at radius 3 is 2.57 bits per heavy atom. The third kappa shape index (κ3) is 4.17. The predicted octanol–water partition coefficient (Wildman–Crippen LogP) is 2.53. The van der Waals surface area contributed by atoms with Gasteiger partial charge in [-0.1, -0.05) is 30.3 Å². The molecule has 2 aliphatic rings. The Bertz CT molecular complexity index is 817. The van der Waals surface area contributed by atoms with Crippen LogP contribution in [0, 0.1) is 0 Å². The molecule has 0 aliphatic carbocycles. The normalized spacial score (nSPS) is 20.6. The number of likely N-dealkylation sites (tertiary alicyclic amines) is 1. The Morgan fingerprint density at radius 1 is 1.11 bits per heavy atom. The summed E-state index contributed by atoms with van der Waals surface area (Å²) >= 11 is 0. The topological polar surface area (TPSA) is 61.4 Å². The Hall–Kier alpha value is -2.47. The zero-order chi connectivity index (χ0) is 19.5. The van der Waals surface area contributed by atoms with Crippen molar-refractivity contribution >= 4 is 11.7 Å². The Balaban J connectivity index is 1.56. The quantitative estimate of drug-likeness (QED) is 0.865. The average Bonchev–Trinajstić information content (AvgIpc) is 3.09. The molecular weight excluding hydrogens is 350 g/mol. The molecule has 1 aromatic heterocycles. The van der Waals surface area contributed by atoms with Gasteiger partial charge in [0.25, 0.3) is 0 Å². The van der Waals surface area contributed by atoms with Crippen LogP contribution in [-0.2, 0) is 11.3 Å². The summed E-state index contributed by atoms with van der Waals surface area (Å²) < 4.78 is 0. The SMILES string of the molecule is CN(C)c1cc([C@@H]2CC(=O)N(Cc3ccccc3)C2)nc(C2CCNCC2)n1. The summed E-state index contributed by atoms with van der Waals surface area (Å²) in [5.74, 6) is 2.63. The van der Waals surface area contributed by atoms with E-state index in [0.29, 0.717) is 18.9 Å². The van der Waals surface area contributed by atoms with E-state index >= 15 is 0 Å². The number of carbonyl (C=O) groups is 1. The summed E-state index contributed by atoms with van der Waals surface area (Å²) in [5, 5.41) is 3.41. The molecule has 0 bridgehead atoms. The molecule has 1 N–H and O–H groups in total. The molecule has 2 aromatic rings. The minimum absolute atomic E-state index is 0.137. The van der Waals surface area contributed by atoms with Crippen molar-refractivity contribution < 1.29 is 4.79 Å². The fourth-order valence-electron chi connectivity index (χ4n) is 4.10. The van der Waals surface area contributed by atoms with Gasteiger partial charge in [-0.05, 0) is 31.5 Å². The second-order valence-electron chi connectivity index (χ2n) is 8.09. The number of nitrogens with zero attached hydrogens (tertiary/aromatic N) is 4. The van der Waals surface area contributed by atoms with Crippen molar-refractivity contribution in [3.63, 3.8) is 0 Å². The Morgan fingerprint density at radius 2 is 1.86 bits per heavy atom. The molecule has 4 rings (SSSR count). The van der Waals surface area contributed by atoms with Crippen molar-refractivity contribution in [1.29, 1.82) is 0 Å². The highest BCUT2D eigenvalue weighted by Crippen LogP contribution is 2.32. The van der Waals surface area contributed by atoms with Gasteiger partial charge >= 0.3 is 0 Å². The lowest BCUT2D eigenvalue weighted by Gasteiger charge is -2.24. The maximum Gasteiger partial charge on any atom is 0.223 e. The predicted molar refractivity (Wildman–Crippen MR) is 110 cm³/mol. The van der Waals surface area contributed by atoms with Crippen LogP contribution in [0.2, 0.25) is 0 Å². The van der Waals surface area contributed by atoms with E-state index in [1.165, 1.54) is 5.56 Å². The fraction of sp³-hybridized carbons (Fsp3) is 0.500. The van der Waals surface area contributed by atoms with Gasteiger partial charge in [0, 0.05) is 51.5 Å². The molecule has 0 spiro atoms. The van der Waals surface area contributed by atoms with E-state index in [-0.39, 0.29) is 11.8 Å². The molecular formula is C22H29N5O. The molecule has 2 fully saturated rings. The minimum Gasteiger partial charge on any atom is -0.363 e. The Labute approximate surface area is 167 Å².